The van der Waals surface area contributed by atoms with Crippen LogP contribution in [0, 0.1) is 0 Å². The van der Waals surface area contributed by atoms with Crippen molar-refractivity contribution in [2.75, 3.05) is 20.3 Å². The smallest absolute Gasteiger partial charge is 0.332 e. The molecule has 10 nitrogen and oxygen atoms in total. The van der Waals surface area contributed by atoms with Crippen LogP contribution < -0.4 is 16.6 Å². The maximum absolute atomic E-state index is 13.6. The van der Waals surface area contributed by atoms with Gasteiger partial charge >= 0.3 is 5.69 Å². The van der Waals surface area contributed by atoms with Crippen molar-refractivity contribution in [1.29, 1.82) is 0 Å². The van der Waals surface area contributed by atoms with Crippen LogP contribution in [0.1, 0.15) is 27.9 Å². The van der Waals surface area contributed by atoms with Crippen LogP contribution in [0.2, 0.25) is 0 Å². The zero-order valence-corrected chi connectivity index (χ0v) is 20.2. The number of ether oxygens (including phenoxy) is 1. The lowest BCUT2D eigenvalue weighted by molar-refractivity contribution is 0.0948. The second-order valence-electron chi connectivity index (χ2n) is 8.66. The Labute approximate surface area is 211 Å². The summed E-state index contributed by atoms with van der Waals surface area (Å²) in [4.78, 5) is 39.2. The maximum atomic E-state index is 13.6. The van der Waals surface area contributed by atoms with E-state index in [1.165, 1.54) is 4.57 Å². The molecule has 0 aliphatic heterocycles. The van der Waals surface area contributed by atoms with Crippen molar-refractivity contribution in [3.63, 3.8) is 0 Å². The summed E-state index contributed by atoms with van der Waals surface area (Å²) in [5, 5.41) is 11.0. The summed E-state index contributed by atoms with van der Waals surface area (Å²) < 4.78 is 12.6. The molecule has 0 aliphatic carbocycles. The van der Waals surface area contributed by atoms with E-state index in [1.54, 1.807) is 66.3 Å². The summed E-state index contributed by atoms with van der Waals surface area (Å²) in [5.41, 5.74) is 3.02. The van der Waals surface area contributed by atoms with Gasteiger partial charge in [-0.2, -0.15) is 0 Å². The van der Waals surface area contributed by atoms with Crippen molar-refractivity contribution in [2.45, 2.75) is 19.5 Å². The SMILES string of the molecule is COCCCNC(=O)c1ccc(Cn2c(=O)c3ccccc3n(Cc3ccc4nonc4c3)c2=O)cc1. The number of amides is 1. The van der Waals surface area contributed by atoms with Crippen molar-refractivity contribution in [3.05, 3.63) is 104 Å². The van der Waals surface area contributed by atoms with Gasteiger partial charge in [-0.3, -0.25) is 18.7 Å². The van der Waals surface area contributed by atoms with Gasteiger partial charge in [-0.15, -0.1) is 0 Å². The zero-order valence-electron chi connectivity index (χ0n) is 20.2. The largest absolute Gasteiger partial charge is 0.385 e. The third kappa shape index (κ3) is 5.05. The minimum Gasteiger partial charge on any atom is -0.385 e. The topological polar surface area (TPSA) is 121 Å². The highest BCUT2D eigenvalue weighted by molar-refractivity contribution is 5.94. The molecule has 2 aromatic heterocycles. The van der Waals surface area contributed by atoms with Crippen LogP contribution in [0.25, 0.3) is 21.9 Å². The number of carbonyl (C=O) groups is 1. The van der Waals surface area contributed by atoms with E-state index in [4.69, 9.17) is 9.37 Å². The van der Waals surface area contributed by atoms with Crippen LogP contribution in [0.3, 0.4) is 0 Å². The van der Waals surface area contributed by atoms with Gasteiger partial charge in [0.15, 0.2) is 0 Å². The summed E-state index contributed by atoms with van der Waals surface area (Å²) in [6.07, 6.45) is 0.723. The van der Waals surface area contributed by atoms with Crippen molar-refractivity contribution >= 4 is 27.8 Å². The van der Waals surface area contributed by atoms with E-state index in [9.17, 15) is 14.4 Å². The van der Waals surface area contributed by atoms with Gasteiger partial charge in [0.25, 0.3) is 11.5 Å². The lowest BCUT2D eigenvalue weighted by Crippen LogP contribution is -2.40. The normalized spacial score (nSPS) is 11.3. The molecule has 0 radical (unpaired) electrons. The Morgan fingerprint density at radius 1 is 0.919 bits per heavy atom. The number of nitrogens with zero attached hydrogens (tertiary/aromatic N) is 4. The number of fused-ring (bicyclic) bond motifs is 2. The summed E-state index contributed by atoms with van der Waals surface area (Å²) in [7, 11) is 1.62. The number of methoxy groups -OCH3 is 1. The molecule has 0 saturated carbocycles. The molecule has 1 N–H and O–H groups in total. The van der Waals surface area contributed by atoms with E-state index in [1.807, 2.05) is 12.1 Å². The van der Waals surface area contributed by atoms with E-state index >= 15 is 0 Å². The summed E-state index contributed by atoms with van der Waals surface area (Å²) in [6.45, 7) is 1.40. The van der Waals surface area contributed by atoms with E-state index in [-0.39, 0.29) is 24.6 Å². The van der Waals surface area contributed by atoms with Crippen LogP contribution in [0.15, 0.2) is 80.9 Å². The number of para-hydroxylation sites is 1. The Morgan fingerprint density at radius 3 is 2.46 bits per heavy atom. The summed E-state index contributed by atoms with van der Waals surface area (Å²) >= 11 is 0. The van der Waals surface area contributed by atoms with Crippen LogP contribution in [0.5, 0.6) is 0 Å². The highest BCUT2D eigenvalue weighted by Gasteiger charge is 2.15. The van der Waals surface area contributed by atoms with Gasteiger partial charge in [-0.05, 0) is 64.3 Å². The Hall–Kier alpha value is -4.57. The predicted molar refractivity (Wildman–Crippen MR) is 138 cm³/mol. The van der Waals surface area contributed by atoms with E-state index in [0.717, 1.165) is 17.5 Å². The molecule has 0 atom stereocenters. The molecule has 188 valence electrons. The molecule has 0 bridgehead atoms. The molecule has 0 fully saturated rings. The fraction of sp³-hybridized carbons (Fsp3) is 0.222. The number of aromatic nitrogens is 4. The monoisotopic (exact) mass is 499 g/mol. The Balaban J connectivity index is 1.45. The highest BCUT2D eigenvalue weighted by atomic mass is 16.6. The lowest BCUT2D eigenvalue weighted by Gasteiger charge is -2.14. The minimum absolute atomic E-state index is 0.0739. The Kier molecular flexibility index (Phi) is 6.91. The van der Waals surface area contributed by atoms with Gasteiger partial charge in [0.2, 0.25) is 0 Å². The molecule has 5 aromatic rings. The van der Waals surface area contributed by atoms with Crippen LogP contribution in [0.4, 0.5) is 0 Å². The van der Waals surface area contributed by atoms with Gasteiger partial charge in [-0.1, -0.05) is 30.3 Å². The molecule has 0 unspecified atom stereocenters. The van der Waals surface area contributed by atoms with Crippen molar-refractivity contribution in [3.8, 4) is 0 Å². The van der Waals surface area contributed by atoms with Crippen molar-refractivity contribution in [2.24, 2.45) is 0 Å². The minimum atomic E-state index is -0.429. The fourth-order valence-corrected chi connectivity index (χ4v) is 4.24. The van der Waals surface area contributed by atoms with Gasteiger partial charge in [0.05, 0.1) is 24.0 Å². The molecule has 1 amide bonds. The zero-order chi connectivity index (χ0) is 25.8. The number of nitrogens with one attached hydrogen (secondary N) is 1. The predicted octanol–water partition coefficient (Wildman–Crippen LogP) is 2.56. The molecule has 0 aliphatic rings. The van der Waals surface area contributed by atoms with E-state index < -0.39 is 5.69 Å². The number of hydrogen-bond acceptors (Lipinski definition) is 7. The van der Waals surface area contributed by atoms with Crippen molar-refractivity contribution in [1.82, 2.24) is 24.8 Å². The molecule has 0 saturated heterocycles. The second-order valence-corrected chi connectivity index (χ2v) is 8.66. The molecule has 0 spiro atoms. The highest BCUT2D eigenvalue weighted by Crippen LogP contribution is 2.15. The lowest BCUT2D eigenvalue weighted by atomic mass is 10.1. The molecule has 3 aromatic carbocycles. The molecule has 2 heterocycles. The van der Waals surface area contributed by atoms with Gasteiger partial charge in [0, 0.05) is 25.8 Å². The van der Waals surface area contributed by atoms with E-state index in [2.05, 4.69) is 15.6 Å². The van der Waals surface area contributed by atoms with E-state index in [0.29, 0.717) is 40.7 Å². The Morgan fingerprint density at radius 2 is 1.65 bits per heavy atom. The van der Waals surface area contributed by atoms with Gasteiger partial charge < -0.3 is 10.1 Å². The number of rotatable bonds is 9. The third-order valence-corrected chi connectivity index (χ3v) is 6.16. The van der Waals surface area contributed by atoms with Crippen LogP contribution in [-0.4, -0.2) is 45.6 Å². The molecular weight excluding hydrogens is 474 g/mol. The standard InChI is InChI=1S/C27H25N5O5/c1-36-14-4-13-28-25(33)20-10-7-18(8-11-20)16-32-26(34)21-5-2-3-6-24(21)31(27(32)35)17-19-9-12-22-23(15-19)30-37-29-22/h2-3,5-12,15H,4,13-14,16-17H2,1H3,(H,28,33). The van der Waals surface area contributed by atoms with Gasteiger partial charge in [-0.25, -0.2) is 9.42 Å². The molecule has 10 heteroatoms. The summed E-state index contributed by atoms with van der Waals surface area (Å²) in [6, 6.07) is 19.4. The average Bonchev–Trinajstić information content (AvgIpc) is 3.40. The van der Waals surface area contributed by atoms with Crippen LogP contribution >= 0.6 is 0 Å². The average molecular weight is 500 g/mol. The van der Waals surface area contributed by atoms with Gasteiger partial charge in [0.1, 0.15) is 11.0 Å². The molecular formula is C27H25N5O5. The third-order valence-electron chi connectivity index (χ3n) is 6.16. The first kappa shape index (κ1) is 24.1. The van der Waals surface area contributed by atoms with Crippen molar-refractivity contribution < 1.29 is 14.2 Å². The first-order valence-corrected chi connectivity index (χ1v) is 11.8. The number of carbonyl (C=O) groups excluding carboxylic acids is 1. The first-order valence-electron chi connectivity index (χ1n) is 11.8. The Bertz CT molecular complexity index is 1680. The first-order chi connectivity index (χ1) is 18.0. The molecule has 5 rings (SSSR count). The second kappa shape index (κ2) is 10.6. The quantitative estimate of drug-likeness (QED) is 0.309. The molecule has 37 heavy (non-hydrogen) atoms. The number of hydrogen-bond donors (Lipinski definition) is 1. The fourth-order valence-electron chi connectivity index (χ4n) is 4.24. The number of benzene rings is 3. The van der Waals surface area contributed by atoms with Crippen LogP contribution in [-0.2, 0) is 17.8 Å². The maximum Gasteiger partial charge on any atom is 0.332 e. The summed E-state index contributed by atoms with van der Waals surface area (Å²) in [5.74, 6) is -0.188.